The van der Waals surface area contributed by atoms with Crippen LogP contribution in [0.2, 0.25) is 0 Å². The van der Waals surface area contributed by atoms with Crippen LogP contribution in [-0.2, 0) is 18.3 Å². The number of imidazole rings is 1. The minimum absolute atomic E-state index is 0.0518. The number of carbonyl (C=O) groups is 1. The van der Waals surface area contributed by atoms with E-state index in [2.05, 4.69) is 36.8 Å². The molecule has 5 nitrogen and oxygen atoms in total. The third-order valence-corrected chi connectivity index (χ3v) is 4.53. The molecule has 0 aliphatic heterocycles. The third kappa shape index (κ3) is 3.25. The van der Waals surface area contributed by atoms with Crippen LogP contribution in [0.15, 0.2) is 45.3 Å². The number of aromatic nitrogens is 2. The van der Waals surface area contributed by atoms with Crippen LogP contribution in [0.4, 0.5) is 0 Å². The molecule has 1 heterocycles. The lowest BCUT2D eigenvalue weighted by atomic mass is 10.1. The van der Waals surface area contributed by atoms with E-state index in [0.29, 0.717) is 26.3 Å². The van der Waals surface area contributed by atoms with Gasteiger partial charge in [0.1, 0.15) is 0 Å². The molecule has 1 aromatic heterocycles. The van der Waals surface area contributed by atoms with Crippen LogP contribution in [0.1, 0.15) is 5.56 Å². The quantitative estimate of drug-likeness (QED) is 0.649. The van der Waals surface area contributed by atoms with Gasteiger partial charge in [-0.3, -0.25) is 9.36 Å². The highest BCUT2D eigenvalue weighted by atomic mass is 79.9. The number of carboxylic acid groups (broad SMARTS) is 1. The molecule has 0 aliphatic carbocycles. The Morgan fingerprint density at radius 3 is 2.52 bits per heavy atom. The summed E-state index contributed by atoms with van der Waals surface area (Å²) in [4.78, 5) is 15.3. The smallest absolute Gasteiger partial charge is 0.307 e. The van der Waals surface area contributed by atoms with E-state index in [-0.39, 0.29) is 6.42 Å². The summed E-state index contributed by atoms with van der Waals surface area (Å²) in [5, 5.41) is 8.90. The summed E-state index contributed by atoms with van der Waals surface area (Å²) in [6.45, 7) is 0. The predicted molar refractivity (Wildman–Crippen MR) is 94.0 cm³/mol. The average molecular weight is 440 g/mol. The zero-order valence-electron chi connectivity index (χ0n) is 12.1. The first-order valence-electron chi connectivity index (χ1n) is 6.74. The Balaban J connectivity index is 1.98. The molecule has 0 saturated carbocycles. The molecule has 7 heteroatoms. The Morgan fingerprint density at radius 1 is 1.26 bits per heavy atom. The van der Waals surface area contributed by atoms with Crippen LogP contribution in [0.3, 0.4) is 0 Å². The number of para-hydroxylation sites is 2. The molecule has 0 atom stereocenters. The van der Waals surface area contributed by atoms with Crippen molar-refractivity contribution in [1.82, 2.24) is 9.55 Å². The van der Waals surface area contributed by atoms with E-state index in [9.17, 15) is 4.79 Å². The maximum Gasteiger partial charge on any atom is 0.307 e. The molecule has 0 spiro atoms. The number of fused-ring (bicyclic) bond motifs is 1. The molecular weight excluding hydrogens is 428 g/mol. The fourth-order valence-corrected chi connectivity index (χ4v) is 3.74. The predicted octanol–water partition coefficient (Wildman–Crippen LogP) is 4.52. The van der Waals surface area contributed by atoms with Gasteiger partial charge in [0.05, 0.1) is 26.4 Å². The number of halogens is 2. The van der Waals surface area contributed by atoms with Crippen molar-refractivity contribution in [2.45, 2.75) is 6.42 Å². The zero-order valence-corrected chi connectivity index (χ0v) is 15.3. The third-order valence-electron chi connectivity index (χ3n) is 3.35. The van der Waals surface area contributed by atoms with E-state index in [0.717, 1.165) is 11.0 Å². The van der Waals surface area contributed by atoms with Crippen LogP contribution in [-0.4, -0.2) is 20.6 Å². The Morgan fingerprint density at radius 2 is 1.91 bits per heavy atom. The number of carboxylic acids is 1. The monoisotopic (exact) mass is 438 g/mol. The molecule has 0 aliphatic rings. The minimum Gasteiger partial charge on any atom is -0.481 e. The minimum atomic E-state index is -0.882. The summed E-state index contributed by atoms with van der Waals surface area (Å²) in [7, 11) is 1.88. The van der Waals surface area contributed by atoms with Crippen molar-refractivity contribution in [2.24, 2.45) is 7.05 Å². The molecule has 1 N–H and O–H groups in total. The number of rotatable bonds is 4. The topological polar surface area (TPSA) is 64.3 Å². The van der Waals surface area contributed by atoms with Gasteiger partial charge in [-0.2, -0.15) is 4.98 Å². The molecule has 0 radical (unpaired) electrons. The standard InChI is InChI=1S/C16H12Br2N2O3/c1-20-13-5-3-2-4-12(13)19-16(20)23-15-10(17)6-9(7-11(15)18)8-14(21)22/h2-7H,8H2,1H3,(H,21,22). The normalized spacial score (nSPS) is 10.9. The summed E-state index contributed by atoms with van der Waals surface area (Å²) < 4.78 is 9.11. The Hall–Kier alpha value is -1.86. The van der Waals surface area contributed by atoms with Gasteiger partial charge in [0.15, 0.2) is 5.75 Å². The van der Waals surface area contributed by atoms with Crippen molar-refractivity contribution in [2.75, 3.05) is 0 Å². The number of hydrogen-bond acceptors (Lipinski definition) is 3. The Bertz CT molecular complexity index is 882. The number of aryl methyl sites for hydroxylation is 1. The molecule has 3 rings (SSSR count). The van der Waals surface area contributed by atoms with E-state index in [1.807, 2.05) is 35.9 Å². The highest BCUT2D eigenvalue weighted by Crippen LogP contribution is 2.38. The van der Waals surface area contributed by atoms with E-state index in [1.165, 1.54) is 0 Å². The lowest BCUT2D eigenvalue weighted by Crippen LogP contribution is -2.01. The summed E-state index contributed by atoms with van der Waals surface area (Å²) in [6.07, 6.45) is -0.0518. The molecule has 0 unspecified atom stereocenters. The molecule has 0 amide bonds. The van der Waals surface area contributed by atoms with Crippen LogP contribution in [0.5, 0.6) is 11.8 Å². The van der Waals surface area contributed by atoms with Crippen LogP contribution < -0.4 is 4.74 Å². The van der Waals surface area contributed by atoms with Gasteiger partial charge in [-0.1, -0.05) is 12.1 Å². The second kappa shape index (κ2) is 6.33. The van der Waals surface area contributed by atoms with Crippen LogP contribution in [0, 0.1) is 0 Å². The molecular formula is C16H12Br2N2O3. The summed E-state index contributed by atoms with van der Waals surface area (Å²) in [6, 6.07) is 11.7. The second-order valence-electron chi connectivity index (χ2n) is 5.00. The molecule has 3 aromatic rings. The van der Waals surface area contributed by atoms with Crippen LogP contribution >= 0.6 is 31.9 Å². The van der Waals surface area contributed by atoms with E-state index >= 15 is 0 Å². The number of benzene rings is 2. The zero-order chi connectivity index (χ0) is 16.6. The van der Waals surface area contributed by atoms with Crippen molar-refractivity contribution >= 4 is 48.9 Å². The van der Waals surface area contributed by atoms with Gasteiger partial charge < -0.3 is 9.84 Å². The molecule has 0 fully saturated rings. The van der Waals surface area contributed by atoms with Crippen molar-refractivity contribution in [3.63, 3.8) is 0 Å². The number of hydrogen-bond donors (Lipinski definition) is 1. The lowest BCUT2D eigenvalue weighted by molar-refractivity contribution is -0.136. The second-order valence-corrected chi connectivity index (χ2v) is 6.71. The highest BCUT2D eigenvalue weighted by molar-refractivity contribution is 9.11. The maximum absolute atomic E-state index is 10.8. The van der Waals surface area contributed by atoms with Crippen molar-refractivity contribution in [3.05, 3.63) is 50.9 Å². The first kappa shape index (κ1) is 16.0. The summed E-state index contributed by atoms with van der Waals surface area (Å²) in [5.74, 6) is -0.328. The van der Waals surface area contributed by atoms with Crippen molar-refractivity contribution in [3.8, 4) is 11.8 Å². The van der Waals surface area contributed by atoms with Crippen molar-refractivity contribution in [1.29, 1.82) is 0 Å². The maximum atomic E-state index is 10.8. The molecule has 0 saturated heterocycles. The molecule has 118 valence electrons. The largest absolute Gasteiger partial charge is 0.481 e. The first-order chi connectivity index (χ1) is 11.0. The Labute approximate surface area is 149 Å². The summed E-state index contributed by atoms with van der Waals surface area (Å²) in [5.41, 5.74) is 2.49. The first-order valence-corrected chi connectivity index (χ1v) is 8.33. The van der Waals surface area contributed by atoms with Gasteiger partial charge in [-0.25, -0.2) is 0 Å². The highest BCUT2D eigenvalue weighted by Gasteiger charge is 2.15. The summed E-state index contributed by atoms with van der Waals surface area (Å²) >= 11 is 6.86. The molecule has 23 heavy (non-hydrogen) atoms. The van der Waals surface area contributed by atoms with Crippen LogP contribution in [0.25, 0.3) is 11.0 Å². The van der Waals surface area contributed by atoms with E-state index < -0.39 is 5.97 Å². The number of aliphatic carboxylic acids is 1. The van der Waals surface area contributed by atoms with Gasteiger partial charge in [0, 0.05) is 7.05 Å². The van der Waals surface area contributed by atoms with Crippen molar-refractivity contribution < 1.29 is 14.6 Å². The molecule has 0 bridgehead atoms. The van der Waals surface area contributed by atoms with Gasteiger partial charge in [-0.15, -0.1) is 0 Å². The van der Waals surface area contributed by atoms with Gasteiger partial charge in [0.25, 0.3) is 0 Å². The fourth-order valence-electron chi connectivity index (χ4n) is 2.29. The fraction of sp³-hybridized carbons (Fsp3) is 0.125. The van der Waals surface area contributed by atoms with Gasteiger partial charge in [-0.05, 0) is 61.7 Å². The average Bonchev–Trinajstić information content (AvgIpc) is 2.79. The van der Waals surface area contributed by atoms with E-state index in [1.54, 1.807) is 12.1 Å². The van der Waals surface area contributed by atoms with E-state index in [4.69, 9.17) is 9.84 Å². The molecule has 2 aromatic carbocycles. The van der Waals surface area contributed by atoms with Gasteiger partial charge in [0.2, 0.25) is 0 Å². The number of nitrogens with zero attached hydrogens (tertiary/aromatic N) is 2. The lowest BCUT2D eigenvalue weighted by Gasteiger charge is -2.11. The Kier molecular flexibility index (Phi) is 4.41. The van der Waals surface area contributed by atoms with Gasteiger partial charge >= 0.3 is 12.0 Å². The SMILES string of the molecule is Cn1c(Oc2c(Br)cc(CC(=O)O)cc2Br)nc2ccccc21. The number of ether oxygens (including phenoxy) is 1.